The van der Waals surface area contributed by atoms with Crippen molar-refractivity contribution in [3.63, 3.8) is 0 Å². The van der Waals surface area contributed by atoms with Crippen LogP contribution < -0.4 is 5.32 Å². The summed E-state index contributed by atoms with van der Waals surface area (Å²) in [5.41, 5.74) is 0.317. The zero-order valence-corrected chi connectivity index (χ0v) is 9.84. The number of nitrogens with zero attached hydrogens (tertiary/aromatic N) is 1. The van der Waals surface area contributed by atoms with E-state index in [1.165, 1.54) is 38.9 Å². The van der Waals surface area contributed by atoms with Gasteiger partial charge >= 0.3 is 0 Å². The smallest absolute Gasteiger partial charge is 0.0252 e. The summed E-state index contributed by atoms with van der Waals surface area (Å²) in [6, 6.07) is 0.916. The Kier molecular flexibility index (Phi) is 2.85. The molecule has 0 amide bonds. The first-order chi connectivity index (χ1) is 6.62. The molecule has 0 radical (unpaired) electrons. The van der Waals surface area contributed by atoms with E-state index in [1.807, 2.05) is 0 Å². The third-order valence-electron chi connectivity index (χ3n) is 3.70. The van der Waals surface area contributed by atoms with Gasteiger partial charge in [0.2, 0.25) is 0 Å². The monoisotopic (exact) mass is 196 g/mol. The van der Waals surface area contributed by atoms with Crippen molar-refractivity contribution in [1.29, 1.82) is 0 Å². The van der Waals surface area contributed by atoms with Crippen LogP contribution >= 0.6 is 0 Å². The fraction of sp³-hybridized carbons (Fsp3) is 1.00. The molecule has 0 aromatic carbocycles. The van der Waals surface area contributed by atoms with Crippen molar-refractivity contribution in [2.24, 2.45) is 5.92 Å². The molecule has 2 unspecified atom stereocenters. The van der Waals surface area contributed by atoms with Gasteiger partial charge in [0.25, 0.3) is 0 Å². The van der Waals surface area contributed by atoms with E-state index in [9.17, 15) is 0 Å². The van der Waals surface area contributed by atoms with Crippen LogP contribution in [0, 0.1) is 5.92 Å². The molecular weight excluding hydrogens is 172 g/mol. The quantitative estimate of drug-likeness (QED) is 0.725. The van der Waals surface area contributed by atoms with Crippen LogP contribution in [0.3, 0.4) is 0 Å². The number of hydrogen-bond donors (Lipinski definition) is 1. The zero-order chi connectivity index (χ0) is 10.2. The van der Waals surface area contributed by atoms with Crippen LogP contribution in [0.15, 0.2) is 0 Å². The van der Waals surface area contributed by atoms with Crippen molar-refractivity contribution < 1.29 is 0 Å². The minimum atomic E-state index is 0.317. The van der Waals surface area contributed by atoms with E-state index in [4.69, 9.17) is 0 Å². The van der Waals surface area contributed by atoms with Gasteiger partial charge in [-0.2, -0.15) is 0 Å². The molecule has 2 atom stereocenters. The SMILES string of the molecule is CCC1CC1N1CCCNC(C)(C)C1. The van der Waals surface area contributed by atoms with Crippen molar-refractivity contribution in [3.8, 4) is 0 Å². The number of hydrogen-bond acceptors (Lipinski definition) is 2. The predicted octanol–water partition coefficient (Wildman–Crippen LogP) is 1.86. The Morgan fingerprint density at radius 3 is 2.86 bits per heavy atom. The lowest BCUT2D eigenvalue weighted by Gasteiger charge is -2.30. The molecule has 1 heterocycles. The molecule has 1 saturated carbocycles. The van der Waals surface area contributed by atoms with Crippen molar-refractivity contribution in [2.45, 2.75) is 51.6 Å². The number of rotatable bonds is 2. The molecule has 2 rings (SSSR count). The van der Waals surface area contributed by atoms with E-state index in [-0.39, 0.29) is 0 Å². The molecule has 2 aliphatic rings. The molecule has 1 saturated heterocycles. The summed E-state index contributed by atoms with van der Waals surface area (Å²) in [5.74, 6) is 1.00. The molecule has 1 aliphatic carbocycles. The first kappa shape index (κ1) is 10.4. The molecule has 2 heteroatoms. The van der Waals surface area contributed by atoms with E-state index in [0.29, 0.717) is 5.54 Å². The van der Waals surface area contributed by atoms with Gasteiger partial charge in [0.05, 0.1) is 0 Å². The standard InChI is InChI=1S/C12H24N2/c1-4-10-8-11(10)14-7-5-6-13-12(2,3)9-14/h10-11,13H,4-9H2,1-3H3. The van der Waals surface area contributed by atoms with Gasteiger partial charge in [-0.3, -0.25) is 4.90 Å². The fourth-order valence-electron chi connectivity index (χ4n) is 2.75. The summed E-state index contributed by atoms with van der Waals surface area (Å²) >= 11 is 0. The van der Waals surface area contributed by atoms with E-state index < -0.39 is 0 Å². The highest BCUT2D eigenvalue weighted by Gasteiger charge is 2.41. The van der Waals surface area contributed by atoms with Gasteiger partial charge in [-0.15, -0.1) is 0 Å². The summed E-state index contributed by atoms with van der Waals surface area (Å²) < 4.78 is 0. The highest BCUT2D eigenvalue weighted by Crippen LogP contribution is 2.39. The van der Waals surface area contributed by atoms with Gasteiger partial charge in [0.15, 0.2) is 0 Å². The zero-order valence-electron chi connectivity index (χ0n) is 9.84. The van der Waals surface area contributed by atoms with E-state index in [2.05, 4.69) is 31.0 Å². The highest BCUT2D eigenvalue weighted by atomic mass is 15.2. The van der Waals surface area contributed by atoms with Gasteiger partial charge in [-0.25, -0.2) is 0 Å². The Balaban J connectivity index is 1.92. The second-order valence-electron chi connectivity index (χ2n) is 5.61. The summed E-state index contributed by atoms with van der Waals surface area (Å²) in [6.07, 6.45) is 4.14. The lowest BCUT2D eigenvalue weighted by atomic mass is 10.1. The molecule has 1 aliphatic heterocycles. The maximum Gasteiger partial charge on any atom is 0.0252 e. The Labute approximate surface area is 88.1 Å². The van der Waals surface area contributed by atoms with Crippen molar-refractivity contribution in [1.82, 2.24) is 10.2 Å². The maximum atomic E-state index is 3.62. The number of nitrogens with one attached hydrogen (secondary N) is 1. The lowest BCUT2D eigenvalue weighted by molar-refractivity contribution is 0.213. The van der Waals surface area contributed by atoms with Crippen molar-refractivity contribution in [3.05, 3.63) is 0 Å². The second-order valence-corrected chi connectivity index (χ2v) is 5.61. The van der Waals surface area contributed by atoms with E-state index in [0.717, 1.165) is 12.0 Å². The molecule has 0 bridgehead atoms. The van der Waals surface area contributed by atoms with Gasteiger partial charge in [-0.05, 0) is 45.7 Å². The Bertz CT molecular complexity index is 200. The van der Waals surface area contributed by atoms with Crippen LogP contribution in [0.2, 0.25) is 0 Å². The van der Waals surface area contributed by atoms with Crippen LogP contribution in [0.5, 0.6) is 0 Å². The summed E-state index contributed by atoms with van der Waals surface area (Å²) in [7, 11) is 0. The van der Waals surface area contributed by atoms with Gasteiger partial charge in [-0.1, -0.05) is 13.3 Å². The van der Waals surface area contributed by atoms with Gasteiger partial charge in [0.1, 0.15) is 0 Å². The average Bonchev–Trinajstić information content (AvgIpc) is 2.87. The van der Waals surface area contributed by atoms with Gasteiger partial charge in [0, 0.05) is 18.1 Å². The lowest BCUT2D eigenvalue weighted by Crippen LogP contribution is -2.47. The normalized spacial score (nSPS) is 37.9. The topological polar surface area (TPSA) is 15.3 Å². The predicted molar refractivity (Wildman–Crippen MR) is 60.5 cm³/mol. The second kappa shape index (κ2) is 3.82. The molecule has 14 heavy (non-hydrogen) atoms. The van der Waals surface area contributed by atoms with Crippen LogP contribution in [-0.2, 0) is 0 Å². The largest absolute Gasteiger partial charge is 0.310 e. The first-order valence-electron chi connectivity index (χ1n) is 6.11. The molecule has 82 valence electrons. The fourth-order valence-corrected chi connectivity index (χ4v) is 2.75. The average molecular weight is 196 g/mol. The summed E-state index contributed by atoms with van der Waals surface area (Å²) in [5, 5.41) is 3.62. The third-order valence-corrected chi connectivity index (χ3v) is 3.70. The maximum absolute atomic E-state index is 3.62. The Hall–Kier alpha value is -0.0800. The molecule has 2 fully saturated rings. The van der Waals surface area contributed by atoms with Crippen LogP contribution in [0.25, 0.3) is 0 Å². The minimum absolute atomic E-state index is 0.317. The highest BCUT2D eigenvalue weighted by molar-refractivity contribution is 4.98. The minimum Gasteiger partial charge on any atom is -0.310 e. The van der Waals surface area contributed by atoms with E-state index >= 15 is 0 Å². The van der Waals surface area contributed by atoms with Crippen molar-refractivity contribution in [2.75, 3.05) is 19.6 Å². The molecule has 2 nitrogen and oxygen atoms in total. The molecular formula is C12H24N2. The van der Waals surface area contributed by atoms with Crippen molar-refractivity contribution >= 4 is 0 Å². The summed E-state index contributed by atoms with van der Waals surface area (Å²) in [6.45, 7) is 10.7. The van der Waals surface area contributed by atoms with Crippen LogP contribution in [0.1, 0.15) is 40.0 Å². The molecule has 0 aromatic rings. The Morgan fingerprint density at radius 1 is 1.43 bits per heavy atom. The van der Waals surface area contributed by atoms with Gasteiger partial charge < -0.3 is 5.32 Å². The molecule has 0 spiro atoms. The van der Waals surface area contributed by atoms with Crippen LogP contribution in [0.4, 0.5) is 0 Å². The summed E-state index contributed by atoms with van der Waals surface area (Å²) in [4.78, 5) is 2.72. The third kappa shape index (κ3) is 2.29. The van der Waals surface area contributed by atoms with Crippen LogP contribution in [-0.4, -0.2) is 36.1 Å². The molecule has 1 N–H and O–H groups in total. The van der Waals surface area contributed by atoms with E-state index in [1.54, 1.807) is 0 Å². The first-order valence-corrected chi connectivity index (χ1v) is 6.11. The molecule has 0 aromatic heterocycles. The Morgan fingerprint density at radius 2 is 2.21 bits per heavy atom.